The third kappa shape index (κ3) is 2.77. The minimum atomic E-state index is 0.634. The molecule has 3 heteroatoms. The molecule has 0 N–H and O–H groups in total. The smallest absolute Gasteiger partial charge is 0.117 e. The number of nitrogens with zero attached hydrogens (tertiary/aromatic N) is 3. The number of aryl methyl sites for hydroxylation is 1. The standard InChI is InChI=1S/C17H17N3/c1-14-7-9-16(10-8-14)20-13-18-12-19-17(20)11-15-5-3-2-4-6-15/h2-10,12H,11,13H2,1H3. The van der Waals surface area contributed by atoms with Crippen LogP contribution in [0.25, 0.3) is 0 Å². The van der Waals surface area contributed by atoms with Crippen LogP contribution in [-0.4, -0.2) is 18.8 Å². The molecule has 0 saturated heterocycles. The van der Waals surface area contributed by atoms with Crippen LogP contribution in [0.2, 0.25) is 0 Å². The number of rotatable bonds is 3. The molecule has 3 nitrogen and oxygen atoms in total. The van der Waals surface area contributed by atoms with E-state index in [9.17, 15) is 0 Å². The van der Waals surface area contributed by atoms with E-state index in [2.05, 4.69) is 70.3 Å². The monoisotopic (exact) mass is 263 g/mol. The van der Waals surface area contributed by atoms with Crippen molar-refractivity contribution >= 4 is 17.9 Å². The van der Waals surface area contributed by atoms with Gasteiger partial charge in [0, 0.05) is 12.1 Å². The van der Waals surface area contributed by atoms with Crippen molar-refractivity contribution in [2.75, 3.05) is 11.6 Å². The molecule has 0 unspecified atom stereocenters. The zero-order valence-electron chi connectivity index (χ0n) is 11.5. The van der Waals surface area contributed by atoms with E-state index in [-0.39, 0.29) is 0 Å². The van der Waals surface area contributed by atoms with Gasteiger partial charge in [-0.05, 0) is 24.6 Å². The fourth-order valence-electron chi connectivity index (χ4n) is 2.25. The van der Waals surface area contributed by atoms with Crippen molar-refractivity contribution < 1.29 is 0 Å². The maximum absolute atomic E-state index is 4.46. The summed E-state index contributed by atoms with van der Waals surface area (Å²) in [6, 6.07) is 18.9. The number of hydrogen-bond acceptors (Lipinski definition) is 3. The Labute approximate surface area is 119 Å². The Morgan fingerprint density at radius 1 is 1.00 bits per heavy atom. The second kappa shape index (κ2) is 5.70. The molecule has 2 aromatic rings. The highest BCUT2D eigenvalue weighted by Crippen LogP contribution is 2.18. The van der Waals surface area contributed by atoms with Gasteiger partial charge in [-0.1, -0.05) is 48.0 Å². The number of anilines is 1. The highest BCUT2D eigenvalue weighted by molar-refractivity contribution is 6.03. The first kappa shape index (κ1) is 12.6. The van der Waals surface area contributed by atoms with Crippen LogP contribution in [0.4, 0.5) is 5.69 Å². The lowest BCUT2D eigenvalue weighted by atomic mass is 10.1. The van der Waals surface area contributed by atoms with E-state index in [0.29, 0.717) is 6.67 Å². The van der Waals surface area contributed by atoms with E-state index in [0.717, 1.165) is 17.9 Å². The molecule has 1 aliphatic heterocycles. The predicted molar refractivity (Wildman–Crippen MR) is 84.6 cm³/mol. The molecule has 0 aromatic heterocycles. The molecule has 0 aliphatic carbocycles. The molecule has 0 radical (unpaired) electrons. The Morgan fingerprint density at radius 2 is 1.75 bits per heavy atom. The summed E-state index contributed by atoms with van der Waals surface area (Å²) in [7, 11) is 0. The van der Waals surface area contributed by atoms with Gasteiger partial charge in [0.2, 0.25) is 0 Å². The lowest BCUT2D eigenvalue weighted by Gasteiger charge is -2.26. The molecule has 0 amide bonds. The van der Waals surface area contributed by atoms with Gasteiger partial charge in [-0.3, -0.25) is 4.99 Å². The van der Waals surface area contributed by atoms with Gasteiger partial charge in [-0.25, -0.2) is 4.99 Å². The summed E-state index contributed by atoms with van der Waals surface area (Å²) in [6.07, 6.45) is 2.48. The molecular formula is C17H17N3. The van der Waals surface area contributed by atoms with Gasteiger partial charge in [0.05, 0.1) is 0 Å². The summed E-state index contributed by atoms with van der Waals surface area (Å²) in [5.41, 5.74) is 3.66. The highest BCUT2D eigenvalue weighted by Gasteiger charge is 2.15. The molecule has 20 heavy (non-hydrogen) atoms. The first-order valence-corrected chi connectivity index (χ1v) is 6.76. The SMILES string of the molecule is Cc1ccc(N2CN=CN=C2Cc2ccccc2)cc1. The highest BCUT2D eigenvalue weighted by atomic mass is 15.3. The summed E-state index contributed by atoms with van der Waals surface area (Å²) in [4.78, 5) is 10.9. The Morgan fingerprint density at radius 3 is 2.50 bits per heavy atom. The number of aliphatic imine (C=N–C) groups is 2. The van der Waals surface area contributed by atoms with Crippen molar-refractivity contribution in [2.45, 2.75) is 13.3 Å². The van der Waals surface area contributed by atoms with Gasteiger partial charge < -0.3 is 4.90 Å². The quantitative estimate of drug-likeness (QED) is 0.833. The van der Waals surface area contributed by atoms with Crippen LogP contribution in [0.1, 0.15) is 11.1 Å². The van der Waals surface area contributed by atoms with Crippen molar-refractivity contribution in [1.29, 1.82) is 0 Å². The minimum absolute atomic E-state index is 0.634. The van der Waals surface area contributed by atoms with E-state index in [1.165, 1.54) is 11.1 Å². The van der Waals surface area contributed by atoms with E-state index >= 15 is 0 Å². The maximum Gasteiger partial charge on any atom is 0.117 e. The Balaban J connectivity index is 1.85. The number of amidine groups is 1. The summed E-state index contributed by atoms with van der Waals surface area (Å²) in [5, 5.41) is 0. The fraction of sp³-hybridized carbons (Fsp3) is 0.176. The lowest BCUT2D eigenvalue weighted by Crippen LogP contribution is -2.34. The van der Waals surface area contributed by atoms with Gasteiger partial charge in [-0.2, -0.15) is 0 Å². The van der Waals surface area contributed by atoms with E-state index < -0.39 is 0 Å². The van der Waals surface area contributed by atoms with Crippen LogP contribution in [0.3, 0.4) is 0 Å². The van der Waals surface area contributed by atoms with Crippen LogP contribution < -0.4 is 4.90 Å². The van der Waals surface area contributed by atoms with Crippen molar-refractivity contribution in [3.63, 3.8) is 0 Å². The number of benzene rings is 2. The van der Waals surface area contributed by atoms with E-state index in [4.69, 9.17) is 0 Å². The second-order valence-electron chi connectivity index (χ2n) is 4.91. The summed E-state index contributed by atoms with van der Waals surface area (Å²) in [5.74, 6) is 1.04. The van der Waals surface area contributed by atoms with Crippen molar-refractivity contribution in [2.24, 2.45) is 9.98 Å². The normalized spacial score (nSPS) is 14.2. The molecule has 2 aromatic carbocycles. The van der Waals surface area contributed by atoms with E-state index in [1.807, 2.05) is 6.07 Å². The van der Waals surface area contributed by atoms with Crippen LogP contribution in [0.5, 0.6) is 0 Å². The van der Waals surface area contributed by atoms with Crippen LogP contribution >= 0.6 is 0 Å². The van der Waals surface area contributed by atoms with Gasteiger partial charge in [0.1, 0.15) is 18.8 Å². The summed E-state index contributed by atoms with van der Waals surface area (Å²) >= 11 is 0. The molecule has 100 valence electrons. The van der Waals surface area contributed by atoms with E-state index in [1.54, 1.807) is 6.34 Å². The molecule has 0 saturated carbocycles. The van der Waals surface area contributed by atoms with Crippen molar-refractivity contribution in [1.82, 2.24) is 0 Å². The molecule has 0 bridgehead atoms. The first-order valence-electron chi connectivity index (χ1n) is 6.76. The summed E-state index contributed by atoms with van der Waals surface area (Å²) in [6.45, 7) is 2.73. The largest absolute Gasteiger partial charge is 0.309 e. The average Bonchev–Trinajstić information content (AvgIpc) is 2.50. The van der Waals surface area contributed by atoms with Gasteiger partial charge in [0.15, 0.2) is 0 Å². The van der Waals surface area contributed by atoms with Gasteiger partial charge in [-0.15, -0.1) is 0 Å². The average molecular weight is 263 g/mol. The van der Waals surface area contributed by atoms with Crippen molar-refractivity contribution in [3.05, 3.63) is 65.7 Å². The Kier molecular flexibility index (Phi) is 3.59. The summed E-state index contributed by atoms with van der Waals surface area (Å²) < 4.78 is 0. The second-order valence-corrected chi connectivity index (χ2v) is 4.91. The third-order valence-corrected chi connectivity index (χ3v) is 3.37. The van der Waals surface area contributed by atoms with Crippen molar-refractivity contribution in [3.8, 4) is 0 Å². The fourth-order valence-corrected chi connectivity index (χ4v) is 2.25. The van der Waals surface area contributed by atoms with Gasteiger partial charge >= 0.3 is 0 Å². The minimum Gasteiger partial charge on any atom is -0.309 e. The first-order chi connectivity index (χ1) is 9.83. The topological polar surface area (TPSA) is 28.0 Å². The number of hydrogen-bond donors (Lipinski definition) is 0. The van der Waals surface area contributed by atoms with Crippen LogP contribution in [0, 0.1) is 6.92 Å². The molecule has 0 fully saturated rings. The predicted octanol–water partition coefficient (Wildman–Crippen LogP) is 3.44. The molecule has 0 spiro atoms. The molecular weight excluding hydrogens is 246 g/mol. The lowest BCUT2D eigenvalue weighted by molar-refractivity contribution is 0.973. The molecule has 0 atom stereocenters. The van der Waals surface area contributed by atoms with Crippen LogP contribution in [0.15, 0.2) is 64.6 Å². The third-order valence-electron chi connectivity index (χ3n) is 3.37. The Bertz CT molecular complexity index is 627. The molecule has 1 heterocycles. The maximum atomic E-state index is 4.46. The zero-order chi connectivity index (χ0) is 13.8. The van der Waals surface area contributed by atoms with Gasteiger partial charge in [0.25, 0.3) is 0 Å². The molecule has 3 rings (SSSR count). The molecule has 1 aliphatic rings. The van der Waals surface area contributed by atoms with Crippen LogP contribution in [-0.2, 0) is 6.42 Å². The Hall–Kier alpha value is -2.42. The zero-order valence-corrected chi connectivity index (χ0v) is 11.5.